The van der Waals surface area contributed by atoms with Crippen LogP contribution in [-0.2, 0) is 31.2 Å². The Morgan fingerprint density at radius 3 is 2.43 bits per heavy atom. The van der Waals surface area contributed by atoms with Crippen LogP contribution in [-0.4, -0.2) is 12.4 Å². The first-order chi connectivity index (χ1) is 9.48. The number of allylic oxidation sites excluding steroid dienone is 5. The second-order valence-corrected chi connectivity index (χ2v) is 6.31. The van der Waals surface area contributed by atoms with Gasteiger partial charge in [-0.3, -0.25) is 0 Å². The largest absolute Gasteiger partial charge is 3.00 e. The van der Waals surface area contributed by atoms with Gasteiger partial charge in [-0.1, -0.05) is 45.9 Å². The first-order valence-corrected chi connectivity index (χ1v) is 7.46. The van der Waals surface area contributed by atoms with Crippen molar-refractivity contribution in [2.24, 2.45) is 5.41 Å². The summed E-state index contributed by atoms with van der Waals surface area (Å²) >= 11 is 0. The Bertz CT molecular complexity index is 476. The van der Waals surface area contributed by atoms with E-state index in [1.54, 1.807) is 0 Å². The summed E-state index contributed by atoms with van der Waals surface area (Å²) in [7, 11) is 0. The van der Waals surface area contributed by atoms with Crippen molar-refractivity contribution in [2.45, 2.75) is 52.7 Å². The second kappa shape index (κ2) is 10.8. The van der Waals surface area contributed by atoms with Gasteiger partial charge in [0, 0.05) is 12.0 Å². The molecule has 0 aromatic carbocycles. The van der Waals surface area contributed by atoms with E-state index in [9.17, 15) is 0 Å². The molecule has 0 fully saturated rings. The quantitative estimate of drug-likeness (QED) is 0.330. The molecule has 5 heteroatoms. The number of hydrogen-bond donors (Lipinski definition) is 0. The molecule has 23 heavy (non-hydrogen) atoms. The van der Waals surface area contributed by atoms with Crippen LogP contribution in [0.5, 0.6) is 0 Å². The zero-order valence-electron chi connectivity index (χ0n) is 14.3. The topological polar surface area (TPSA) is 18.5 Å². The predicted molar refractivity (Wildman–Crippen MR) is 81.9 cm³/mol. The van der Waals surface area contributed by atoms with Crippen LogP contribution in [0.4, 0.5) is 0 Å². The molecule has 0 saturated carbocycles. The Balaban J connectivity index is 0. The monoisotopic (exact) mass is 391 g/mol. The van der Waals surface area contributed by atoms with Crippen LogP contribution >= 0.6 is 0 Å². The Morgan fingerprint density at radius 1 is 1.22 bits per heavy atom. The number of rotatable bonds is 5. The van der Waals surface area contributed by atoms with Crippen LogP contribution in [0.25, 0.3) is 0 Å². The van der Waals surface area contributed by atoms with Gasteiger partial charge >= 0.3 is 21.7 Å². The summed E-state index contributed by atoms with van der Waals surface area (Å²) < 4.78 is 12.4. The minimum atomic E-state index is -0.681. The number of ether oxygens (including phenoxy) is 2. The van der Waals surface area contributed by atoms with Crippen molar-refractivity contribution in [1.82, 2.24) is 0 Å². The van der Waals surface area contributed by atoms with Gasteiger partial charge in [0.15, 0.2) is 0 Å². The normalized spacial score (nSPS) is 22.3. The van der Waals surface area contributed by atoms with Crippen LogP contribution in [0.3, 0.4) is 0 Å². The maximum absolute atomic E-state index is 6.26. The fourth-order valence-corrected chi connectivity index (χ4v) is 2.61. The predicted octanol–water partition coefficient (Wildman–Crippen LogP) is -1.29. The van der Waals surface area contributed by atoms with E-state index < -0.39 is 5.79 Å². The Hall–Kier alpha value is 0.0143. The number of hydrogen-bond acceptors (Lipinski definition) is 2. The van der Waals surface area contributed by atoms with E-state index in [1.165, 1.54) is 5.57 Å². The van der Waals surface area contributed by atoms with Gasteiger partial charge in [0.2, 0.25) is 5.79 Å². The molecule has 1 radical (unpaired) electrons. The molecule has 0 heterocycles. The van der Waals surface area contributed by atoms with E-state index in [2.05, 4.69) is 58.1 Å². The van der Waals surface area contributed by atoms with Crippen molar-refractivity contribution >= 4 is 0 Å². The Morgan fingerprint density at radius 2 is 1.91 bits per heavy atom. The summed E-state index contributed by atoms with van der Waals surface area (Å²) in [6.07, 6.45) is 16.2. The summed E-state index contributed by atoms with van der Waals surface area (Å²) in [5.41, 5.74) is 1.19. The number of halogens is 2. The summed E-state index contributed by atoms with van der Waals surface area (Å²) in [4.78, 5) is 0. The molecule has 0 aliphatic heterocycles. The third kappa shape index (κ3) is 6.44. The minimum Gasteiger partial charge on any atom is -1.00 e. The SMILES string of the molecule is CCCOC1(OC2=[C-]CC=C2)CC=CC=C1C(C)(C)C.[Cl-].[Cl-].[Ti+3]. The van der Waals surface area contributed by atoms with Crippen molar-refractivity contribution in [2.75, 3.05) is 6.61 Å². The summed E-state index contributed by atoms with van der Waals surface area (Å²) in [6.45, 7) is 9.42. The van der Waals surface area contributed by atoms with Gasteiger partial charge in [-0.2, -0.15) is 12.2 Å². The molecular weight excluding hydrogens is 367 g/mol. The molecule has 0 amide bonds. The van der Waals surface area contributed by atoms with E-state index in [4.69, 9.17) is 9.47 Å². The average molecular weight is 392 g/mol. The average Bonchev–Trinajstić information content (AvgIpc) is 2.88. The van der Waals surface area contributed by atoms with Crippen LogP contribution < -0.4 is 24.8 Å². The summed E-state index contributed by atoms with van der Waals surface area (Å²) in [6, 6.07) is 0. The molecule has 2 rings (SSSR count). The molecule has 2 aliphatic rings. The third-order valence-corrected chi connectivity index (χ3v) is 3.48. The standard InChI is InChI=1S/C18H25O2.2ClH.Ti/c1-5-14-19-18(20-15-10-6-7-11-15)13-9-8-12-16(18)17(2,3)4;;;/h6,8-10,12H,5,7,13-14H2,1-4H3;2*1H;/q-1;;;+3/p-2. The maximum Gasteiger partial charge on any atom is 3.00 e. The second-order valence-electron chi connectivity index (χ2n) is 6.31. The molecule has 0 aromatic heterocycles. The molecule has 0 aromatic rings. The van der Waals surface area contributed by atoms with Gasteiger partial charge < -0.3 is 34.3 Å². The van der Waals surface area contributed by atoms with Crippen LogP contribution in [0.2, 0.25) is 0 Å². The van der Waals surface area contributed by atoms with Gasteiger partial charge in [-0.05, 0) is 17.6 Å². The van der Waals surface area contributed by atoms with Crippen LogP contribution in [0.1, 0.15) is 47.0 Å². The van der Waals surface area contributed by atoms with Gasteiger partial charge in [0.1, 0.15) is 0 Å². The van der Waals surface area contributed by atoms with Crippen molar-refractivity contribution in [3.63, 3.8) is 0 Å². The molecule has 0 bridgehead atoms. The van der Waals surface area contributed by atoms with Gasteiger partial charge in [-0.25, -0.2) is 6.08 Å². The molecule has 0 spiro atoms. The summed E-state index contributed by atoms with van der Waals surface area (Å²) in [5.74, 6) is 0.117. The van der Waals surface area contributed by atoms with Gasteiger partial charge in [-0.15, -0.1) is 6.42 Å². The first kappa shape index (κ1) is 25.3. The van der Waals surface area contributed by atoms with Crippen molar-refractivity contribution in [1.29, 1.82) is 0 Å². The van der Waals surface area contributed by atoms with E-state index >= 15 is 0 Å². The molecule has 2 aliphatic carbocycles. The van der Waals surface area contributed by atoms with Crippen molar-refractivity contribution < 1.29 is 56.0 Å². The van der Waals surface area contributed by atoms with E-state index in [-0.39, 0.29) is 51.9 Å². The van der Waals surface area contributed by atoms with Crippen molar-refractivity contribution in [3.8, 4) is 0 Å². The fourth-order valence-electron chi connectivity index (χ4n) is 2.61. The summed E-state index contributed by atoms with van der Waals surface area (Å²) in [5, 5.41) is 0. The Labute approximate surface area is 168 Å². The van der Waals surface area contributed by atoms with Gasteiger partial charge in [0.25, 0.3) is 0 Å². The molecule has 1 unspecified atom stereocenters. The zero-order chi connectivity index (χ0) is 14.6. The zero-order valence-corrected chi connectivity index (χ0v) is 17.4. The minimum absolute atomic E-state index is 0. The smallest absolute Gasteiger partial charge is 1.00 e. The molecule has 127 valence electrons. The maximum atomic E-state index is 6.26. The molecule has 2 nitrogen and oxygen atoms in total. The molecule has 0 saturated heterocycles. The first-order valence-electron chi connectivity index (χ1n) is 7.46. The van der Waals surface area contributed by atoms with E-state index in [0.29, 0.717) is 6.61 Å². The van der Waals surface area contributed by atoms with E-state index in [1.807, 2.05) is 6.08 Å². The fraction of sp³-hybridized carbons (Fsp3) is 0.556. The van der Waals surface area contributed by atoms with Crippen LogP contribution in [0, 0.1) is 11.5 Å². The molecule has 1 atom stereocenters. The van der Waals surface area contributed by atoms with Crippen molar-refractivity contribution in [3.05, 3.63) is 47.8 Å². The van der Waals surface area contributed by atoms with Crippen LogP contribution in [0.15, 0.2) is 41.7 Å². The van der Waals surface area contributed by atoms with Gasteiger partial charge in [0.05, 0.1) is 6.61 Å². The van der Waals surface area contributed by atoms with E-state index in [0.717, 1.165) is 25.0 Å². The third-order valence-electron chi connectivity index (χ3n) is 3.48. The Kier molecular flexibility index (Phi) is 11.9. The molecule has 0 N–H and O–H groups in total. The molecular formula is C18H25Cl2O2Ti.